The Morgan fingerprint density at radius 3 is 2.69 bits per heavy atom. The zero-order valence-corrected chi connectivity index (χ0v) is 8.23. The monoisotopic (exact) mass is 186 g/mol. The molecule has 1 saturated heterocycles. The van der Waals surface area contributed by atoms with Gasteiger partial charge in [-0.05, 0) is 19.3 Å². The summed E-state index contributed by atoms with van der Waals surface area (Å²) < 4.78 is 0. The fraction of sp³-hybridized carbons (Fsp3) is 0.889. The highest BCUT2D eigenvalue weighted by Gasteiger charge is 2.28. The van der Waals surface area contributed by atoms with Crippen molar-refractivity contribution in [2.75, 3.05) is 13.1 Å². The summed E-state index contributed by atoms with van der Waals surface area (Å²) >= 11 is 0. The van der Waals surface area contributed by atoms with E-state index in [9.17, 15) is 9.90 Å². The number of carbonyl (C=O) groups excluding carboxylic acids is 1. The zero-order valence-electron chi connectivity index (χ0n) is 8.23. The molecular weight excluding hydrogens is 168 g/mol. The van der Waals surface area contributed by atoms with Crippen LogP contribution >= 0.6 is 0 Å². The predicted molar refractivity (Wildman–Crippen MR) is 50.0 cm³/mol. The highest BCUT2D eigenvalue weighted by atomic mass is 16.3. The number of nitrogens with zero attached hydrogens (tertiary/aromatic N) is 1. The van der Waals surface area contributed by atoms with Crippen LogP contribution in [0.1, 0.15) is 20.3 Å². The molecule has 3 N–H and O–H groups in total. The van der Waals surface area contributed by atoms with Crippen LogP contribution in [0.15, 0.2) is 0 Å². The van der Waals surface area contributed by atoms with Gasteiger partial charge in [0.2, 0.25) is 5.91 Å². The van der Waals surface area contributed by atoms with Gasteiger partial charge in [-0.2, -0.15) is 0 Å². The summed E-state index contributed by atoms with van der Waals surface area (Å²) in [6.45, 7) is 5.61. The van der Waals surface area contributed by atoms with E-state index in [-0.39, 0.29) is 0 Å². The van der Waals surface area contributed by atoms with Crippen molar-refractivity contribution in [2.24, 2.45) is 11.7 Å². The van der Waals surface area contributed by atoms with Crippen LogP contribution in [0, 0.1) is 5.92 Å². The highest BCUT2D eigenvalue weighted by Crippen LogP contribution is 2.21. The van der Waals surface area contributed by atoms with Gasteiger partial charge in [0.15, 0.2) is 0 Å². The molecule has 0 bridgehead atoms. The number of hydrogen-bond donors (Lipinski definition) is 2. The minimum absolute atomic E-state index is 0.376. The summed E-state index contributed by atoms with van der Waals surface area (Å²) in [4.78, 5) is 12.7. The van der Waals surface area contributed by atoms with Crippen molar-refractivity contribution in [2.45, 2.75) is 32.4 Å². The molecule has 76 valence electrons. The van der Waals surface area contributed by atoms with Gasteiger partial charge < -0.3 is 10.8 Å². The predicted octanol–water partition coefficient (Wildman–Crippen LogP) is -0.437. The van der Waals surface area contributed by atoms with E-state index in [2.05, 4.69) is 18.7 Å². The van der Waals surface area contributed by atoms with Crippen LogP contribution in [0.25, 0.3) is 0 Å². The topological polar surface area (TPSA) is 66.6 Å². The number of rotatable bonds is 3. The minimum atomic E-state index is -1.02. The fourth-order valence-electron chi connectivity index (χ4n) is 1.95. The van der Waals surface area contributed by atoms with Gasteiger partial charge in [-0.25, -0.2) is 0 Å². The number of β-amino-alcohol motifs (C(OH)–C–C–N with tert-alkyl or cyclic N) is 1. The Bertz CT molecular complexity index is 196. The maximum atomic E-state index is 10.6. The average Bonchev–Trinajstić information content (AvgIpc) is 2.30. The molecule has 0 aromatic rings. The van der Waals surface area contributed by atoms with E-state index < -0.39 is 12.0 Å². The lowest BCUT2D eigenvalue weighted by Gasteiger charge is -2.22. The van der Waals surface area contributed by atoms with E-state index in [1.807, 2.05) is 0 Å². The normalized spacial score (nSPS) is 31.9. The van der Waals surface area contributed by atoms with Crippen LogP contribution in [0.2, 0.25) is 0 Å². The number of amides is 1. The van der Waals surface area contributed by atoms with E-state index in [0.717, 1.165) is 13.0 Å². The molecule has 0 aromatic heterocycles. The Morgan fingerprint density at radius 2 is 2.31 bits per heavy atom. The van der Waals surface area contributed by atoms with Crippen molar-refractivity contribution in [3.8, 4) is 0 Å². The molecule has 4 heteroatoms. The van der Waals surface area contributed by atoms with Gasteiger partial charge in [-0.3, -0.25) is 9.69 Å². The summed E-state index contributed by atoms with van der Waals surface area (Å²) in [5.41, 5.74) is 4.98. The van der Waals surface area contributed by atoms with Gasteiger partial charge in [-0.1, -0.05) is 6.92 Å². The number of primary amides is 1. The lowest BCUT2D eigenvalue weighted by Crippen LogP contribution is -2.41. The Hall–Kier alpha value is -0.610. The lowest BCUT2D eigenvalue weighted by molar-refractivity contribution is -0.127. The summed E-state index contributed by atoms with van der Waals surface area (Å²) in [5.74, 6) is 0.0156. The molecule has 1 aliphatic heterocycles. The van der Waals surface area contributed by atoms with Crippen molar-refractivity contribution in [1.29, 1.82) is 0 Å². The Kier molecular flexibility index (Phi) is 3.27. The summed E-state index contributed by atoms with van der Waals surface area (Å²) in [6.07, 6.45) is 0.110. The number of hydrogen-bond acceptors (Lipinski definition) is 3. The van der Waals surface area contributed by atoms with Gasteiger partial charge in [0.05, 0.1) is 0 Å². The minimum Gasteiger partial charge on any atom is -0.382 e. The molecule has 0 saturated carbocycles. The smallest absolute Gasteiger partial charge is 0.247 e. The quantitative estimate of drug-likeness (QED) is 0.628. The molecule has 3 atom stereocenters. The second-order valence-corrected chi connectivity index (χ2v) is 4.06. The first-order valence-electron chi connectivity index (χ1n) is 4.72. The number of likely N-dealkylation sites (tertiary alicyclic amines) is 1. The summed E-state index contributed by atoms with van der Waals surface area (Å²) in [5, 5.41) is 9.27. The first kappa shape index (κ1) is 10.5. The first-order chi connectivity index (χ1) is 6.00. The van der Waals surface area contributed by atoms with Crippen LogP contribution in [0.4, 0.5) is 0 Å². The second-order valence-electron chi connectivity index (χ2n) is 4.06. The van der Waals surface area contributed by atoms with Crippen molar-refractivity contribution >= 4 is 5.91 Å². The molecule has 0 spiro atoms. The molecular formula is C9H18N2O2. The third kappa shape index (κ3) is 2.67. The molecule has 2 unspecified atom stereocenters. The van der Waals surface area contributed by atoms with Crippen LogP contribution < -0.4 is 5.73 Å². The molecule has 0 aromatic carbocycles. The third-order valence-electron chi connectivity index (χ3n) is 2.65. The van der Waals surface area contributed by atoms with Crippen LogP contribution in [0.3, 0.4) is 0 Å². The van der Waals surface area contributed by atoms with E-state index in [4.69, 9.17) is 5.73 Å². The molecule has 1 aliphatic rings. The molecule has 0 radical (unpaired) electrons. The summed E-state index contributed by atoms with van der Waals surface area (Å²) in [7, 11) is 0. The number of nitrogens with two attached hydrogens (primary N) is 1. The Labute approximate surface area is 78.7 Å². The molecule has 1 heterocycles. The molecule has 13 heavy (non-hydrogen) atoms. The Balaban J connectivity index is 2.41. The van der Waals surface area contributed by atoms with E-state index in [1.54, 1.807) is 0 Å². The molecule has 0 aliphatic carbocycles. The zero-order chi connectivity index (χ0) is 10.0. The first-order valence-corrected chi connectivity index (χ1v) is 4.72. The van der Waals surface area contributed by atoms with E-state index >= 15 is 0 Å². The SMILES string of the molecule is CC1CC(C)N(C[C@H](O)C(N)=O)C1. The molecule has 4 nitrogen and oxygen atoms in total. The fourth-order valence-corrected chi connectivity index (χ4v) is 1.95. The van der Waals surface area contributed by atoms with Crippen molar-refractivity contribution in [3.05, 3.63) is 0 Å². The number of aliphatic hydroxyl groups is 1. The Morgan fingerprint density at radius 1 is 1.69 bits per heavy atom. The maximum absolute atomic E-state index is 10.6. The molecule has 1 amide bonds. The van der Waals surface area contributed by atoms with Crippen molar-refractivity contribution in [3.63, 3.8) is 0 Å². The molecule has 1 fully saturated rings. The van der Waals surface area contributed by atoms with Gasteiger partial charge in [-0.15, -0.1) is 0 Å². The number of aliphatic hydroxyl groups excluding tert-OH is 1. The largest absolute Gasteiger partial charge is 0.382 e. The van der Waals surface area contributed by atoms with E-state index in [0.29, 0.717) is 18.5 Å². The van der Waals surface area contributed by atoms with Gasteiger partial charge >= 0.3 is 0 Å². The van der Waals surface area contributed by atoms with Crippen LogP contribution in [-0.4, -0.2) is 41.1 Å². The lowest BCUT2D eigenvalue weighted by atomic mass is 10.1. The van der Waals surface area contributed by atoms with Crippen molar-refractivity contribution in [1.82, 2.24) is 4.90 Å². The van der Waals surface area contributed by atoms with Crippen molar-refractivity contribution < 1.29 is 9.90 Å². The van der Waals surface area contributed by atoms with Gasteiger partial charge in [0.1, 0.15) is 6.10 Å². The standard InChI is InChI=1S/C9H18N2O2/c1-6-3-7(2)11(4-6)5-8(12)9(10)13/h6-8,12H,3-5H2,1-2H3,(H2,10,13)/t6?,7?,8-/m0/s1. The van der Waals surface area contributed by atoms with Gasteiger partial charge in [0, 0.05) is 19.1 Å². The van der Waals surface area contributed by atoms with Gasteiger partial charge in [0.25, 0.3) is 0 Å². The highest BCUT2D eigenvalue weighted by molar-refractivity contribution is 5.78. The molecule has 1 rings (SSSR count). The van der Waals surface area contributed by atoms with Crippen LogP contribution in [-0.2, 0) is 4.79 Å². The van der Waals surface area contributed by atoms with Crippen LogP contribution in [0.5, 0.6) is 0 Å². The average molecular weight is 186 g/mol. The second kappa shape index (κ2) is 4.07. The third-order valence-corrected chi connectivity index (χ3v) is 2.65. The summed E-state index contributed by atoms with van der Waals surface area (Å²) in [6, 6.07) is 0.448. The van der Waals surface area contributed by atoms with E-state index in [1.165, 1.54) is 0 Å². The number of carbonyl (C=O) groups is 1. The maximum Gasteiger partial charge on any atom is 0.247 e.